The summed E-state index contributed by atoms with van der Waals surface area (Å²) in [4.78, 5) is 18.1. The van der Waals surface area contributed by atoms with E-state index in [0.717, 1.165) is 50.6 Å². The van der Waals surface area contributed by atoms with Crippen molar-refractivity contribution in [3.05, 3.63) is 24.2 Å². The van der Waals surface area contributed by atoms with Gasteiger partial charge in [-0.1, -0.05) is 0 Å². The standard InChI is InChI=1S/C17H27N3O4.HI/c1-18-17(20-9-6-14(7-10-20)16(21)22-2)19-8-4-11-23-13-15-5-3-12-24-15;/h3,5,12,14H,4,6-11,13H2,1-2H3,(H,18,19);1H. The first kappa shape index (κ1) is 21.8. The molecule has 1 aliphatic heterocycles. The minimum atomic E-state index is -0.105. The Hall–Kier alpha value is -1.29. The van der Waals surface area contributed by atoms with Gasteiger partial charge in [-0.15, -0.1) is 24.0 Å². The number of nitrogens with one attached hydrogen (secondary N) is 1. The lowest BCUT2D eigenvalue weighted by atomic mass is 9.97. The van der Waals surface area contributed by atoms with Crippen molar-refractivity contribution in [2.75, 3.05) is 40.4 Å². The SMILES string of the molecule is CN=C(NCCCOCc1ccco1)N1CCC(C(=O)OC)CC1.I. The molecule has 0 amide bonds. The Kier molecular flexibility index (Phi) is 10.6. The van der Waals surface area contributed by atoms with Gasteiger partial charge in [-0.3, -0.25) is 9.79 Å². The molecule has 25 heavy (non-hydrogen) atoms. The second kappa shape index (κ2) is 12.1. The number of halogens is 1. The Balaban J connectivity index is 0.00000312. The smallest absolute Gasteiger partial charge is 0.308 e. The van der Waals surface area contributed by atoms with Gasteiger partial charge in [0, 0.05) is 33.3 Å². The number of ether oxygens (including phenoxy) is 2. The van der Waals surface area contributed by atoms with Crippen molar-refractivity contribution in [3.8, 4) is 0 Å². The quantitative estimate of drug-likeness (QED) is 0.219. The highest BCUT2D eigenvalue weighted by Gasteiger charge is 2.26. The van der Waals surface area contributed by atoms with Crippen LogP contribution in [0.1, 0.15) is 25.0 Å². The normalized spacial score (nSPS) is 15.6. The summed E-state index contributed by atoms with van der Waals surface area (Å²) in [5.74, 6) is 1.63. The second-order valence-electron chi connectivity index (χ2n) is 5.74. The van der Waals surface area contributed by atoms with Crippen LogP contribution in [0, 0.1) is 5.92 Å². The van der Waals surface area contributed by atoms with Gasteiger partial charge >= 0.3 is 5.97 Å². The van der Waals surface area contributed by atoms with Crippen LogP contribution >= 0.6 is 24.0 Å². The van der Waals surface area contributed by atoms with E-state index >= 15 is 0 Å². The average molecular weight is 465 g/mol. The molecular weight excluding hydrogens is 437 g/mol. The van der Waals surface area contributed by atoms with E-state index in [4.69, 9.17) is 13.9 Å². The maximum Gasteiger partial charge on any atom is 0.308 e. The first-order chi connectivity index (χ1) is 11.7. The molecule has 0 radical (unpaired) electrons. The lowest BCUT2D eigenvalue weighted by Gasteiger charge is -2.33. The van der Waals surface area contributed by atoms with Crippen LogP contribution in [0.5, 0.6) is 0 Å². The van der Waals surface area contributed by atoms with E-state index in [-0.39, 0.29) is 35.9 Å². The first-order valence-electron chi connectivity index (χ1n) is 8.38. The molecule has 0 bridgehead atoms. The van der Waals surface area contributed by atoms with Gasteiger partial charge in [0.1, 0.15) is 12.4 Å². The molecule has 0 saturated carbocycles. The van der Waals surface area contributed by atoms with Crippen molar-refractivity contribution in [1.29, 1.82) is 0 Å². The summed E-state index contributed by atoms with van der Waals surface area (Å²) in [6, 6.07) is 3.76. The number of esters is 1. The maximum atomic E-state index is 11.6. The van der Waals surface area contributed by atoms with Gasteiger partial charge in [-0.05, 0) is 31.4 Å². The molecular formula is C17H28IN3O4. The fourth-order valence-electron chi connectivity index (χ4n) is 2.77. The van der Waals surface area contributed by atoms with Gasteiger partial charge in [0.2, 0.25) is 0 Å². The summed E-state index contributed by atoms with van der Waals surface area (Å²) in [7, 11) is 3.23. The predicted molar refractivity (Wildman–Crippen MR) is 106 cm³/mol. The number of furan rings is 1. The molecule has 1 saturated heterocycles. The number of carbonyl (C=O) groups excluding carboxylic acids is 1. The Morgan fingerprint density at radius 2 is 2.20 bits per heavy atom. The lowest BCUT2D eigenvalue weighted by molar-refractivity contribution is -0.146. The van der Waals surface area contributed by atoms with Crippen LogP contribution in [0.4, 0.5) is 0 Å². The maximum absolute atomic E-state index is 11.6. The number of hydrogen-bond acceptors (Lipinski definition) is 5. The fraction of sp³-hybridized carbons (Fsp3) is 0.647. The highest BCUT2D eigenvalue weighted by atomic mass is 127. The van der Waals surface area contributed by atoms with E-state index in [1.165, 1.54) is 7.11 Å². The Morgan fingerprint density at radius 1 is 1.44 bits per heavy atom. The molecule has 1 aromatic heterocycles. The summed E-state index contributed by atoms with van der Waals surface area (Å²) in [6.07, 6.45) is 4.14. The number of aliphatic imine (C=N–C) groups is 1. The number of piperidine rings is 1. The molecule has 1 aromatic rings. The molecule has 0 aromatic carbocycles. The van der Waals surface area contributed by atoms with Crippen molar-refractivity contribution in [3.63, 3.8) is 0 Å². The van der Waals surface area contributed by atoms with E-state index in [1.54, 1.807) is 13.3 Å². The van der Waals surface area contributed by atoms with Crippen molar-refractivity contribution in [1.82, 2.24) is 10.2 Å². The monoisotopic (exact) mass is 465 g/mol. The summed E-state index contributed by atoms with van der Waals surface area (Å²) in [5.41, 5.74) is 0. The van der Waals surface area contributed by atoms with Crippen LogP contribution in [-0.2, 0) is 20.9 Å². The Morgan fingerprint density at radius 3 is 2.80 bits per heavy atom. The molecule has 0 unspecified atom stereocenters. The number of methoxy groups -OCH3 is 1. The van der Waals surface area contributed by atoms with Crippen molar-refractivity contribution in [2.24, 2.45) is 10.9 Å². The van der Waals surface area contributed by atoms with E-state index in [2.05, 4.69) is 15.2 Å². The molecule has 0 atom stereocenters. The largest absolute Gasteiger partial charge is 0.469 e. The summed E-state index contributed by atoms with van der Waals surface area (Å²) < 4.78 is 15.6. The third-order valence-electron chi connectivity index (χ3n) is 4.11. The zero-order valence-corrected chi connectivity index (χ0v) is 17.2. The molecule has 2 heterocycles. The van der Waals surface area contributed by atoms with Crippen LogP contribution < -0.4 is 5.32 Å². The minimum absolute atomic E-state index is 0. The molecule has 8 heteroatoms. The number of guanidine groups is 1. The number of likely N-dealkylation sites (tertiary alicyclic amines) is 1. The van der Waals surface area contributed by atoms with Crippen LogP contribution in [0.15, 0.2) is 27.8 Å². The van der Waals surface area contributed by atoms with E-state index in [1.807, 2.05) is 12.1 Å². The zero-order chi connectivity index (χ0) is 17.2. The van der Waals surface area contributed by atoms with Crippen molar-refractivity contribution in [2.45, 2.75) is 25.9 Å². The zero-order valence-electron chi connectivity index (χ0n) is 14.9. The van der Waals surface area contributed by atoms with E-state index < -0.39 is 0 Å². The minimum Gasteiger partial charge on any atom is -0.469 e. The van der Waals surface area contributed by atoms with Gasteiger partial charge < -0.3 is 24.1 Å². The van der Waals surface area contributed by atoms with Gasteiger partial charge in [0.25, 0.3) is 0 Å². The molecule has 1 aliphatic rings. The third kappa shape index (κ3) is 7.23. The highest BCUT2D eigenvalue weighted by Crippen LogP contribution is 2.18. The molecule has 0 spiro atoms. The average Bonchev–Trinajstić information content (AvgIpc) is 3.14. The lowest BCUT2D eigenvalue weighted by Crippen LogP contribution is -2.47. The number of carbonyl (C=O) groups is 1. The molecule has 0 aliphatic carbocycles. The molecule has 1 fully saturated rings. The number of hydrogen-bond donors (Lipinski definition) is 1. The van der Waals surface area contributed by atoms with Crippen molar-refractivity contribution >= 4 is 35.9 Å². The molecule has 7 nitrogen and oxygen atoms in total. The first-order valence-corrected chi connectivity index (χ1v) is 8.38. The molecule has 142 valence electrons. The van der Waals surface area contributed by atoms with Crippen LogP contribution in [-0.4, -0.2) is 57.2 Å². The Labute approximate surface area is 166 Å². The number of nitrogens with zero attached hydrogens (tertiary/aromatic N) is 2. The summed E-state index contributed by atoms with van der Waals surface area (Å²) in [6.45, 7) is 3.59. The Bertz CT molecular complexity index is 514. The molecule has 2 rings (SSSR count). The van der Waals surface area contributed by atoms with E-state index in [0.29, 0.717) is 13.2 Å². The summed E-state index contributed by atoms with van der Waals surface area (Å²) >= 11 is 0. The van der Waals surface area contributed by atoms with Crippen LogP contribution in [0.3, 0.4) is 0 Å². The van der Waals surface area contributed by atoms with Crippen LogP contribution in [0.25, 0.3) is 0 Å². The molecule has 1 N–H and O–H groups in total. The predicted octanol–water partition coefficient (Wildman–Crippen LogP) is 2.26. The van der Waals surface area contributed by atoms with Gasteiger partial charge in [0.05, 0.1) is 19.3 Å². The van der Waals surface area contributed by atoms with Gasteiger partial charge in [0.15, 0.2) is 5.96 Å². The summed E-state index contributed by atoms with van der Waals surface area (Å²) in [5, 5.41) is 3.35. The van der Waals surface area contributed by atoms with Crippen LogP contribution in [0.2, 0.25) is 0 Å². The third-order valence-corrected chi connectivity index (χ3v) is 4.11. The fourth-order valence-corrected chi connectivity index (χ4v) is 2.77. The van der Waals surface area contributed by atoms with Gasteiger partial charge in [-0.2, -0.15) is 0 Å². The number of rotatable bonds is 7. The second-order valence-corrected chi connectivity index (χ2v) is 5.74. The highest BCUT2D eigenvalue weighted by molar-refractivity contribution is 14.0. The van der Waals surface area contributed by atoms with Crippen molar-refractivity contribution < 1.29 is 18.7 Å². The van der Waals surface area contributed by atoms with E-state index in [9.17, 15) is 4.79 Å². The van der Waals surface area contributed by atoms with Gasteiger partial charge in [-0.25, -0.2) is 0 Å². The topological polar surface area (TPSA) is 76.3 Å².